The first kappa shape index (κ1) is 26.8. The summed E-state index contributed by atoms with van der Waals surface area (Å²) < 4.78 is 80.2. The molecule has 1 saturated carbocycles. The molecule has 35 heavy (non-hydrogen) atoms. The Morgan fingerprint density at radius 2 is 1.71 bits per heavy atom. The Labute approximate surface area is 199 Å². The first-order valence-corrected chi connectivity index (χ1v) is 11.0. The van der Waals surface area contributed by atoms with Gasteiger partial charge >= 0.3 is 12.4 Å². The molecule has 5 nitrogen and oxygen atoms in total. The van der Waals surface area contributed by atoms with Gasteiger partial charge in [-0.2, -0.15) is 26.3 Å². The van der Waals surface area contributed by atoms with Crippen LogP contribution in [0.3, 0.4) is 0 Å². The van der Waals surface area contributed by atoms with Crippen molar-refractivity contribution in [1.29, 1.82) is 0 Å². The summed E-state index contributed by atoms with van der Waals surface area (Å²) in [5, 5.41) is 12.1. The Balaban J connectivity index is 1.73. The number of pyridine rings is 1. The van der Waals surface area contributed by atoms with Crippen LogP contribution in [0.1, 0.15) is 42.0 Å². The van der Waals surface area contributed by atoms with Crippen molar-refractivity contribution in [3.63, 3.8) is 0 Å². The lowest BCUT2D eigenvalue weighted by atomic mass is 9.80. The number of amides is 1. The predicted molar refractivity (Wildman–Crippen MR) is 117 cm³/mol. The zero-order chi connectivity index (χ0) is 26.0. The molecule has 1 fully saturated rings. The number of nitrogens with zero attached hydrogens (tertiary/aromatic N) is 2. The number of likely N-dealkylation sites (N-methyl/N-ethyl adjacent to an activating group) is 1. The highest BCUT2D eigenvalue weighted by Gasteiger charge is 2.67. The van der Waals surface area contributed by atoms with Crippen LogP contribution in [0.15, 0.2) is 42.6 Å². The summed E-state index contributed by atoms with van der Waals surface area (Å²) in [4.78, 5) is 17.9. The number of nitrogens with one attached hydrogen (secondary N) is 1. The van der Waals surface area contributed by atoms with E-state index in [-0.39, 0.29) is 36.7 Å². The van der Waals surface area contributed by atoms with E-state index in [1.165, 1.54) is 12.1 Å². The maximum atomic E-state index is 13.9. The van der Waals surface area contributed by atoms with Gasteiger partial charge in [0.2, 0.25) is 5.91 Å². The highest BCUT2D eigenvalue weighted by Crippen LogP contribution is 2.66. The SMILES string of the molecule is CN(C)[C@H](CNC(=O)CC(c1ccc(C(F)(F)F)nc1)C1(C(F)(F)F)CC1)Cc1ccc(O)cc1. The summed E-state index contributed by atoms with van der Waals surface area (Å²) in [5.74, 6) is -1.85. The molecule has 1 heterocycles. The number of alkyl halides is 6. The van der Waals surface area contributed by atoms with Crippen LogP contribution in [0.2, 0.25) is 0 Å². The molecule has 1 aliphatic rings. The van der Waals surface area contributed by atoms with Crippen molar-refractivity contribution < 1.29 is 36.2 Å². The number of hydrogen-bond donors (Lipinski definition) is 2. The molecule has 2 atom stereocenters. The molecule has 1 unspecified atom stereocenters. The second kappa shape index (κ2) is 10.0. The quantitative estimate of drug-likeness (QED) is 0.478. The van der Waals surface area contributed by atoms with E-state index in [9.17, 15) is 36.2 Å². The monoisotopic (exact) mass is 503 g/mol. The lowest BCUT2D eigenvalue weighted by Gasteiger charge is -2.30. The average Bonchev–Trinajstić information content (AvgIpc) is 3.57. The van der Waals surface area contributed by atoms with E-state index < -0.39 is 41.7 Å². The van der Waals surface area contributed by atoms with Crippen LogP contribution in [0.25, 0.3) is 0 Å². The molecule has 0 spiro atoms. The minimum atomic E-state index is -4.72. The highest BCUT2D eigenvalue weighted by molar-refractivity contribution is 5.77. The fraction of sp³-hybridized carbons (Fsp3) is 0.500. The molecule has 3 rings (SSSR count). The molecular weight excluding hydrogens is 476 g/mol. The standard InChI is InChI=1S/C24H27F6N3O2/c1-33(2)17(11-15-3-6-18(34)7-4-15)14-32-21(35)12-19(22(9-10-22)24(28,29)30)16-5-8-20(31-13-16)23(25,26)27/h3-8,13,17,19,34H,9-12,14H2,1-2H3,(H,32,35)/t17-,19?/m0/s1. The van der Waals surface area contributed by atoms with E-state index in [0.717, 1.165) is 17.8 Å². The summed E-state index contributed by atoms with van der Waals surface area (Å²) in [6.45, 7) is 0.156. The lowest BCUT2D eigenvalue weighted by Crippen LogP contribution is -2.42. The largest absolute Gasteiger partial charge is 0.508 e. The third kappa shape index (κ3) is 6.45. The van der Waals surface area contributed by atoms with Crippen molar-refractivity contribution in [3.05, 3.63) is 59.4 Å². The number of carbonyl (C=O) groups is 1. The van der Waals surface area contributed by atoms with Gasteiger partial charge in [0.05, 0.1) is 5.41 Å². The highest BCUT2D eigenvalue weighted by atomic mass is 19.4. The number of aromatic hydroxyl groups is 1. The van der Waals surface area contributed by atoms with Crippen molar-refractivity contribution in [1.82, 2.24) is 15.2 Å². The maximum Gasteiger partial charge on any atom is 0.433 e. The van der Waals surface area contributed by atoms with E-state index in [1.807, 2.05) is 4.90 Å². The van der Waals surface area contributed by atoms with Crippen LogP contribution in [0, 0.1) is 5.41 Å². The van der Waals surface area contributed by atoms with Crippen LogP contribution >= 0.6 is 0 Å². The number of halogens is 6. The maximum absolute atomic E-state index is 13.9. The summed E-state index contributed by atoms with van der Waals surface area (Å²) in [6.07, 6.45) is -8.93. The fourth-order valence-electron chi connectivity index (χ4n) is 4.21. The first-order valence-electron chi connectivity index (χ1n) is 11.0. The number of rotatable bonds is 9. The van der Waals surface area contributed by atoms with Gasteiger partial charge in [0, 0.05) is 31.1 Å². The number of benzene rings is 1. The van der Waals surface area contributed by atoms with Gasteiger partial charge in [-0.25, -0.2) is 0 Å². The van der Waals surface area contributed by atoms with Crippen molar-refractivity contribution in [2.45, 2.75) is 50.0 Å². The molecule has 2 aromatic rings. The van der Waals surface area contributed by atoms with Crippen LogP contribution in [-0.4, -0.2) is 53.8 Å². The van der Waals surface area contributed by atoms with Crippen LogP contribution < -0.4 is 5.32 Å². The summed E-state index contributed by atoms with van der Waals surface area (Å²) in [5.41, 5.74) is -2.50. The second-order valence-electron chi connectivity index (χ2n) is 9.18. The number of carbonyl (C=O) groups excluding carboxylic acids is 1. The van der Waals surface area contributed by atoms with Gasteiger partial charge in [-0.05, 0) is 62.7 Å². The molecular formula is C24H27F6N3O2. The Hall–Kier alpha value is -2.82. The van der Waals surface area contributed by atoms with Crippen molar-refractivity contribution in [2.24, 2.45) is 5.41 Å². The molecule has 0 radical (unpaired) electrons. The van der Waals surface area contributed by atoms with Gasteiger partial charge in [0.1, 0.15) is 11.4 Å². The van der Waals surface area contributed by atoms with Crippen LogP contribution in [0.4, 0.5) is 26.3 Å². The summed E-state index contributed by atoms with van der Waals surface area (Å²) in [7, 11) is 3.60. The van der Waals surface area contributed by atoms with Gasteiger partial charge in [-0.3, -0.25) is 9.78 Å². The van der Waals surface area contributed by atoms with Crippen molar-refractivity contribution in [2.75, 3.05) is 20.6 Å². The molecule has 1 aromatic heterocycles. The summed E-state index contributed by atoms with van der Waals surface area (Å²) in [6, 6.07) is 8.00. The molecule has 11 heteroatoms. The zero-order valence-corrected chi connectivity index (χ0v) is 19.2. The van der Waals surface area contributed by atoms with E-state index >= 15 is 0 Å². The molecule has 1 aliphatic carbocycles. The molecule has 1 amide bonds. The molecule has 2 N–H and O–H groups in total. The van der Waals surface area contributed by atoms with Gasteiger partial charge in [-0.1, -0.05) is 18.2 Å². The first-order chi connectivity index (χ1) is 16.2. The molecule has 0 bridgehead atoms. The number of aromatic nitrogens is 1. The second-order valence-corrected chi connectivity index (χ2v) is 9.18. The third-order valence-corrected chi connectivity index (χ3v) is 6.56. The average molecular weight is 503 g/mol. The smallest absolute Gasteiger partial charge is 0.433 e. The Morgan fingerprint density at radius 3 is 2.17 bits per heavy atom. The number of phenolic OH excluding ortho intramolecular Hbond substituents is 1. The molecule has 0 saturated heterocycles. The molecule has 1 aromatic carbocycles. The van der Waals surface area contributed by atoms with E-state index in [0.29, 0.717) is 12.5 Å². The molecule has 0 aliphatic heterocycles. The Morgan fingerprint density at radius 1 is 1.09 bits per heavy atom. The zero-order valence-electron chi connectivity index (χ0n) is 19.2. The number of hydrogen-bond acceptors (Lipinski definition) is 4. The molecule has 192 valence electrons. The third-order valence-electron chi connectivity index (χ3n) is 6.56. The van der Waals surface area contributed by atoms with Gasteiger partial charge in [0.15, 0.2) is 0 Å². The van der Waals surface area contributed by atoms with Gasteiger partial charge in [0.25, 0.3) is 0 Å². The van der Waals surface area contributed by atoms with Crippen LogP contribution in [-0.2, 0) is 17.4 Å². The van der Waals surface area contributed by atoms with E-state index in [1.54, 1.807) is 26.2 Å². The van der Waals surface area contributed by atoms with Crippen LogP contribution in [0.5, 0.6) is 5.75 Å². The van der Waals surface area contributed by atoms with E-state index in [4.69, 9.17) is 0 Å². The fourth-order valence-corrected chi connectivity index (χ4v) is 4.21. The Kier molecular flexibility index (Phi) is 7.68. The van der Waals surface area contributed by atoms with Crippen molar-refractivity contribution >= 4 is 5.91 Å². The number of phenols is 1. The lowest BCUT2D eigenvalue weighted by molar-refractivity contribution is -0.194. The topological polar surface area (TPSA) is 65.5 Å². The van der Waals surface area contributed by atoms with E-state index in [2.05, 4.69) is 10.3 Å². The normalized spacial score (nSPS) is 17.2. The summed E-state index contributed by atoms with van der Waals surface area (Å²) >= 11 is 0. The minimum absolute atomic E-state index is 0.0452. The van der Waals surface area contributed by atoms with Gasteiger partial charge in [-0.15, -0.1) is 0 Å². The van der Waals surface area contributed by atoms with Gasteiger partial charge < -0.3 is 15.3 Å². The predicted octanol–water partition coefficient (Wildman–Crippen LogP) is 4.91. The van der Waals surface area contributed by atoms with Crippen molar-refractivity contribution in [3.8, 4) is 5.75 Å². The Bertz CT molecular complexity index is 1000. The minimum Gasteiger partial charge on any atom is -0.508 e.